The highest BCUT2D eigenvalue weighted by atomic mass is 32.2. The summed E-state index contributed by atoms with van der Waals surface area (Å²) in [6, 6.07) is 8.39. The van der Waals surface area contributed by atoms with E-state index in [-0.39, 0.29) is 16.3 Å². The fourth-order valence-electron chi connectivity index (χ4n) is 2.62. The summed E-state index contributed by atoms with van der Waals surface area (Å²) < 4.78 is 62.6. The van der Waals surface area contributed by atoms with Crippen LogP contribution in [0.25, 0.3) is 0 Å². The molecule has 1 aromatic carbocycles. The second-order valence-corrected chi connectivity index (χ2v) is 9.71. The number of hydrogen-bond donors (Lipinski definition) is 1. The highest BCUT2D eigenvalue weighted by Crippen LogP contribution is 2.27. The number of sulfone groups is 1. The van der Waals surface area contributed by atoms with Gasteiger partial charge in [0.15, 0.2) is 9.84 Å². The Balaban J connectivity index is 2.30. The number of ether oxygens (including phenoxy) is 2. The van der Waals surface area contributed by atoms with Crippen molar-refractivity contribution in [3.05, 3.63) is 54.4 Å². The van der Waals surface area contributed by atoms with Gasteiger partial charge in [-0.1, -0.05) is 0 Å². The summed E-state index contributed by atoms with van der Waals surface area (Å²) in [7, 11) is -7.33. The lowest BCUT2D eigenvalue weighted by molar-refractivity contribution is -0.237. The van der Waals surface area contributed by atoms with E-state index in [1.807, 2.05) is 0 Å². The van der Waals surface area contributed by atoms with Crippen LogP contribution in [0.15, 0.2) is 58.6 Å². The van der Waals surface area contributed by atoms with Crippen LogP contribution in [0.3, 0.4) is 0 Å². The standard InChI is InChI=1S/C18H24N2O6S2/c1-4-25-18(26-5-2,15-10-12-19-13-11-15)14-20-28(23,24)17-8-6-16(7-9-17)27(3,21)22/h6-13,20H,4-5,14H2,1-3H3. The van der Waals surface area contributed by atoms with Crippen molar-refractivity contribution in [2.24, 2.45) is 0 Å². The van der Waals surface area contributed by atoms with E-state index in [4.69, 9.17) is 9.47 Å². The van der Waals surface area contributed by atoms with Crippen molar-refractivity contribution in [1.82, 2.24) is 9.71 Å². The number of nitrogens with one attached hydrogen (secondary N) is 1. The van der Waals surface area contributed by atoms with E-state index in [9.17, 15) is 16.8 Å². The monoisotopic (exact) mass is 428 g/mol. The zero-order valence-corrected chi connectivity index (χ0v) is 17.6. The molecule has 10 heteroatoms. The smallest absolute Gasteiger partial charge is 0.240 e. The third-order valence-electron chi connectivity index (χ3n) is 3.93. The van der Waals surface area contributed by atoms with Crippen LogP contribution >= 0.6 is 0 Å². The fraction of sp³-hybridized carbons (Fsp3) is 0.389. The molecule has 1 aromatic heterocycles. The third kappa shape index (κ3) is 5.36. The summed E-state index contributed by atoms with van der Waals surface area (Å²) in [5.41, 5.74) is 0.626. The zero-order chi connectivity index (χ0) is 20.8. The maximum atomic E-state index is 12.7. The molecule has 28 heavy (non-hydrogen) atoms. The molecule has 0 radical (unpaired) electrons. The molecule has 0 fully saturated rings. The topological polar surface area (TPSA) is 112 Å². The highest BCUT2D eigenvalue weighted by molar-refractivity contribution is 7.90. The molecule has 0 bridgehead atoms. The zero-order valence-electron chi connectivity index (χ0n) is 16.0. The van der Waals surface area contributed by atoms with Gasteiger partial charge in [0.05, 0.1) is 16.3 Å². The second kappa shape index (κ2) is 9.10. The normalized spacial score (nSPS) is 12.8. The molecule has 154 valence electrons. The van der Waals surface area contributed by atoms with E-state index >= 15 is 0 Å². The van der Waals surface area contributed by atoms with E-state index in [0.29, 0.717) is 18.8 Å². The number of aromatic nitrogens is 1. The predicted octanol–water partition coefficient (Wildman–Crippen LogP) is 1.69. The summed E-state index contributed by atoms with van der Waals surface area (Å²) >= 11 is 0. The quantitative estimate of drug-likeness (QED) is 0.573. The van der Waals surface area contributed by atoms with Crippen LogP contribution in [0, 0.1) is 0 Å². The molecule has 0 aliphatic carbocycles. The molecule has 0 unspecified atom stereocenters. The maximum absolute atomic E-state index is 12.7. The van der Waals surface area contributed by atoms with Crippen molar-refractivity contribution in [2.75, 3.05) is 26.0 Å². The minimum atomic E-state index is -3.92. The summed E-state index contributed by atoms with van der Waals surface area (Å²) in [6.45, 7) is 4.00. The third-order valence-corrected chi connectivity index (χ3v) is 6.48. The van der Waals surface area contributed by atoms with Crippen molar-refractivity contribution < 1.29 is 26.3 Å². The molecule has 8 nitrogen and oxygen atoms in total. The SMILES string of the molecule is CCOC(CNS(=O)(=O)c1ccc(S(C)(=O)=O)cc1)(OCC)c1ccncc1. The Kier molecular flexibility index (Phi) is 7.29. The molecule has 0 aliphatic heterocycles. The number of pyridine rings is 1. The van der Waals surface area contributed by atoms with Gasteiger partial charge in [0.2, 0.25) is 15.8 Å². The van der Waals surface area contributed by atoms with Crippen molar-refractivity contribution in [2.45, 2.75) is 29.4 Å². The van der Waals surface area contributed by atoms with Crippen LogP contribution < -0.4 is 4.72 Å². The predicted molar refractivity (Wildman–Crippen MR) is 104 cm³/mol. The lowest BCUT2D eigenvalue weighted by Gasteiger charge is -2.33. The number of benzene rings is 1. The van der Waals surface area contributed by atoms with E-state index in [1.165, 1.54) is 24.3 Å². The summed E-state index contributed by atoms with van der Waals surface area (Å²) in [5.74, 6) is -1.31. The van der Waals surface area contributed by atoms with E-state index in [1.54, 1.807) is 38.4 Å². The maximum Gasteiger partial charge on any atom is 0.240 e. The van der Waals surface area contributed by atoms with Crippen molar-refractivity contribution in [1.29, 1.82) is 0 Å². The number of rotatable bonds is 10. The van der Waals surface area contributed by atoms with Gasteiger partial charge < -0.3 is 9.47 Å². The molecule has 0 atom stereocenters. The Morgan fingerprint density at radius 1 is 0.893 bits per heavy atom. The van der Waals surface area contributed by atoms with Crippen LogP contribution in [0.4, 0.5) is 0 Å². The van der Waals surface area contributed by atoms with E-state index in [2.05, 4.69) is 9.71 Å². The Labute approximate surface area is 165 Å². The van der Waals surface area contributed by atoms with Gasteiger partial charge in [-0.15, -0.1) is 0 Å². The van der Waals surface area contributed by atoms with Gasteiger partial charge in [-0.25, -0.2) is 21.6 Å². The van der Waals surface area contributed by atoms with Crippen LogP contribution in [-0.4, -0.2) is 47.8 Å². The largest absolute Gasteiger partial charge is 0.345 e. The van der Waals surface area contributed by atoms with Crippen LogP contribution in [0.2, 0.25) is 0 Å². The van der Waals surface area contributed by atoms with Crippen LogP contribution in [0.5, 0.6) is 0 Å². The number of hydrogen-bond acceptors (Lipinski definition) is 7. The average molecular weight is 429 g/mol. The Bertz CT molecular complexity index is 968. The van der Waals surface area contributed by atoms with Gasteiger partial charge in [0.1, 0.15) is 0 Å². The Morgan fingerprint density at radius 2 is 1.39 bits per heavy atom. The minimum Gasteiger partial charge on any atom is -0.345 e. The lowest BCUT2D eigenvalue weighted by Crippen LogP contribution is -2.45. The van der Waals surface area contributed by atoms with Crippen molar-refractivity contribution >= 4 is 19.9 Å². The van der Waals surface area contributed by atoms with Gasteiger partial charge in [-0.05, 0) is 50.2 Å². The fourth-order valence-corrected chi connectivity index (χ4v) is 4.30. The molecule has 0 saturated carbocycles. The van der Waals surface area contributed by atoms with Crippen molar-refractivity contribution in [3.63, 3.8) is 0 Å². The molecule has 2 aromatic rings. The van der Waals surface area contributed by atoms with Gasteiger partial charge in [-0.3, -0.25) is 4.98 Å². The van der Waals surface area contributed by atoms with E-state index < -0.39 is 25.6 Å². The molecular weight excluding hydrogens is 404 g/mol. The first-order chi connectivity index (χ1) is 13.1. The second-order valence-electron chi connectivity index (χ2n) is 5.92. The number of sulfonamides is 1. The lowest BCUT2D eigenvalue weighted by atomic mass is 10.1. The summed E-state index contributed by atoms with van der Waals surface area (Å²) in [6.07, 6.45) is 4.20. The van der Waals surface area contributed by atoms with Crippen molar-refractivity contribution in [3.8, 4) is 0 Å². The molecule has 0 aliphatic rings. The first-order valence-electron chi connectivity index (χ1n) is 8.63. The highest BCUT2D eigenvalue weighted by Gasteiger charge is 2.35. The van der Waals surface area contributed by atoms with Gasteiger partial charge in [0.25, 0.3) is 0 Å². The van der Waals surface area contributed by atoms with Gasteiger partial charge in [0, 0.05) is 37.4 Å². The van der Waals surface area contributed by atoms with Gasteiger partial charge >= 0.3 is 0 Å². The average Bonchev–Trinajstić information content (AvgIpc) is 2.67. The van der Waals surface area contributed by atoms with Crippen LogP contribution in [-0.2, 0) is 35.1 Å². The van der Waals surface area contributed by atoms with Crippen LogP contribution in [0.1, 0.15) is 19.4 Å². The molecule has 2 rings (SSSR count). The van der Waals surface area contributed by atoms with E-state index in [0.717, 1.165) is 6.26 Å². The molecule has 0 saturated heterocycles. The first-order valence-corrected chi connectivity index (χ1v) is 12.0. The molecule has 1 N–H and O–H groups in total. The van der Waals surface area contributed by atoms with Gasteiger partial charge in [-0.2, -0.15) is 0 Å². The molecule has 0 spiro atoms. The molecule has 1 heterocycles. The summed E-state index contributed by atoms with van der Waals surface area (Å²) in [5, 5.41) is 0. The summed E-state index contributed by atoms with van der Waals surface area (Å²) in [4.78, 5) is 3.95. The first kappa shape index (κ1) is 22.4. The Hall–Kier alpha value is -1.85. The Morgan fingerprint density at radius 3 is 1.86 bits per heavy atom. The molecular formula is C18H24N2O6S2. The minimum absolute atomic E-state index is 0.0428. The molecule has 0 amide bonds. The number of nitrogens with zero attached hydrogens (tertiary/aromatic N) is 1.